The van der Waals surface area contributed by atoms with E-state index in [1.165, 1.54) is 29.9 Å². The molecule has 5 aromatic rings. The van der Waals surface area contributed by atoms with E-state index in [2.05, 4.69) is 20.3 Å². The van der Waals surface area contributed by atoms with E-state index >= 15 is 0 Å². The van der Waals surface area contributed by atoms with Crippen molar-refractivity contribution < 1.29 is 14.5 Å². The lowest BCUT2D eigenvalue weighted by molar-refractivity contribution is -0.384. The summed E-state index contributed by atoms with van der Waals surface area (Å²) in [5.41, 5.74) is 1.85. The summed E-state index contributed by atoms with van der Waals surface area (Å²) >= 11 is 2.21. The number of methoxy groups -OCH3 is 1. The quantitative estimate of drug-likeness (QED) is 0.141. The molecule has 0 spiro atoms. The topological polar surface area (TPSA) is 162 Å². The summed E-state index contributed by atoms with van der Waals surface area (Å²) in [5.74, 6) is 0.125. The molecule has 2 N–H and O–H groups in total. The van der Waals surface area contributed by atoms with Crippen LogP contribution in [0.4, 0.5) is 11.4 Å². The number of nitro benzene ring substituents is 1. The fraction of sp³-hybridized carbons (Fsp3) is 0.121. The number of fused-ring (bicyclic) bond motifs is 1. The molecule has 14 heteroatoms. The Morgan fingerprint density at radius 3 is 2.60 bits per heavy atom. The van der Waals surface area contributed by atoms with Crippen LogP contribution in [0.15, 0.2) is 115 Å². The number of carbonyl (C=O) groups is 1. The highest BCUT2D eigenvalue weighted by atomic mass is 32.2. The average Bonchev–Trinajstić information content (AvgIpc) is 3.34. The predicted molar refractivity (Wildman–Crippen MR) is 179 cm³/mol. The number of aromatic nitrogens is 3. The van der Waals surface area contributed by atoms with Gasteiger partial charge < -0.3 is 15.0 Å². The van der Waals surface area contributed by atoms with Gasteiger partial charge in [0, 0.05) is 34.5 Å². The van der Waals surface area contributed by atoms with Gasteiger partial charge in [-0.1, -0.05) is 53.4 Å². The number of rotatable bonds is 8. The van der Waals surface area contributed by atoms with Gasteiger partial charge in [0.1, 0.15) is 5.75 Å². The number of ether oxygens (including phenoxy) is 1. The molecule has 2 aromatic heterocycles. The Labute approximate surface area is 275 Å². The van der Waals surface area contributed by atoms with Crippen molar-refractivity contribution in [1.82, 2.24) is 14.5 Å². The van der Waals surface area contributed by atoms with Gasteiger partial charge in [-0.3, -0.25) is 29.1 Å². The van der Waals surface area contributed by atoms with Crippen LogP contribution in [0.5, 0.6) is 5.75 Å². The van der Waals surface area contributed by atoms with Gasteiger partial charge in [0.05, 0.1) is 33.9 Å². The van der Waals surface area contributed by atoms with Crippen molar-refractivity contribution in [2.75, 3.05) is 12.4 Å². The number of nitrogens with zero attached hydrogens (tertiary/aromatic N) is 4. The first-order valence-electron chi connectivity index (χ1n) is 14.2. The first-order valence-corrected chi connectivity index (χ1v) is 15.8. The Kier molecular flexibility index (Phi) is 8.70. The van der Waals surface area contributed by atoms with Crippen molar-refractivity contribution in [3.8, 4) is 5.75 Å². The molecule has 6 rings (SSSR count). The average molecular weight is 667 g/mol. The van der Waals surface area contributed by atoms with E-state index in [1.807, 2.05) is 12.1 Å². The number of para-hydroxylation sites is 1. The number of carbonyl (C=O) groups excluding carboxylic acids is 1. The summed E-state index contributed by atoms with van der Waals surface area (Å²) in [5, 5.41) is 14.9. The maximum atomic E-state index is 14.3. The number of nitrogens with one attached hydrogen (secondary N) is 2. The highest BCUT2D eigenvalue weighted by molar-refractivity contribution is 7.99. The number of allylic oxidation sites excluding steroid dienone is 1. The van der Waals surface area contributed by atoms with Gasteiger partial charge in [0.25, 0.3) is 22.7 Å². The molecule has 1 amide bonds. The number of anilines is 1. The van der Waals surface area contributed by atoms with Crippen LogP contribution in [-0.4, -0.2) is 32.5 Å². The van der Waals surface area contributed by atoms with Crippen molar-refractivity contribution in [3.63, 3.8) is 0 Å². The lowest BCUT2D eigenvalue weighted by atomic mass is 9.95. The molecule has 0 bridgehead atoms. The second kappa shape index (κ2) is 13.0. The molecule has 12 nitrogen and oxygen atoms in total. The smallest absolute Gasteiger partial charge is 0.271 e. The van der Waals surface area contributed by atoms with E-state index in [1.54, 1.807) is 68.5 Å². The maximum absolute atomic E-state index is 14.3. The van der Waals surface area contributed by atoms with Gasteiger partial charge >= 0.3 is 0 Å². The zero-order valence-corrected chi connectivity index (χ0v) is 26.8. The van der Waals surface area contributed by atoms with E-state index < -0.39 is 22.4 Å². The van der Waals surface area contributed by atoms with E-state index in [0.29, 0.717) is 48.8 Å². The molecule has 0 saturated carbocycles. The highest BCUT2D eigenvalue weighted by Crippen LogP contribution is 2.33. The van der Waals surface area contributed by atoms with E-state index in [4.69, 9.17) is 4.74 Å². The molecule has 1 aliphatic heterocycles. The lowest BCUT2D eigenvalue weighted by Gasteiger charge is -2.25. The Bertz CT molecular complexity index is 2330. The third-order valence-corrected chi connectivity index (χ3v) is 9.21. The third-order valence-electron chi connectivity index (χ3n) is 7.25. The monoisotopic (exact) mass is 666 g/mol. The van der Waals surface area contributed by atoms with Crippen molar-refractivity contribution in [2.24, 2.45) is 4.99 Å². The number of hydrogen-bond donors (Lipinski definition) is 2. The minimum absolute atomic E-state index is 0.177. The molecule has 0 aliphatic carbocycles. The predicted octanol–water partition coefficient (Wildman–Crippen LogP) is 4.33. The molecule has 0 saturated heterocycles. The van der Waals surface area contributed by atoms with E-state index in [9.17, 15) is 24.5 Å². The highest BCUT2D eigenvalue weighted by Gasteiger charge is 2.33. The van der Waals surface area contributed by atoms with Gasteiger partial charge in [-0.2, -0.15) is 0 Å². The van der Waals surface area contributed by atoms with Gasteiger partial charge in [0.2, 0.25) is 0 Å². The minimum Gasteiger partial charge on any atom is -0.497 e. The van der Waals surface area contributed by atoms with Crippen molar-refractivity contribution >= 4 is 46.5 Å². The molecular formula is C33H26N6O6S2. The first kappa shape index (κ1) is 31.4. The van der Waals surface area contributed by atoms with Crippen molar-refractivity contribution in [2.45, 2.75) is 29.9 Å². The van der Waals surface area contributed by atoms with Crippen LogP contribution in [0.2, 0.25) is 0 Å². The van der Waals surface area contributed by atoms with Crippen LogP contribution in [0.3, 0.4) is 0 Å². The van der Waals surface area contributed by atoms with Crippen LogP contribution >= 0.6 is 23.1 Å². The molecule has 1 aliphatic rings. The van der Waals surface area contributed by atoms with Gasteiger partial charge in [-0.25, -0.2) is 9.98 Å². The first-order chi connectivity index (χ1) is 22.6. The van der Waals surface area contributed by atoms with Crippen LogP contribution in [0.25, 0.3) is 6.08 Å². The zero-order valence-electron chi connectivity index (χ0n) is 25.2. The number of amides is 1. The van der Waals surface area contributed by atoms with E-state index in [0.717, 1.165) is 23.1 Å². The zero-order chi connectivity index (χ0) is 33.2. The molecule has 3 aromatic carbocycles. The summed E-state index contributed by atoms with van der Waals surface area (Å²) in [6, 6.07) is 20.9. The van der Waals surface area contributed by atoms with Gasteiger partial charge in [0.15, 0.2) is 9.96 Å². The summed E-state index contributed by atoms with van der Waals surface area (Å²) < 4.78 is 7.16. The Hall–Kier alpha value is -5.60. The Morgan fingerprint density at radius 1 is 1.09 bits per heavy atom. The fourth-order valence-corrected chi connectivity index (χ4v) is 7.12. The molecule has 0 radical (unpaired) electrons. The number of benzene rings is 3. The van der Waals surface area contributed by atoms with Gasteiger partial charge in [-0.15, -0.1) is 0 Å². The molecule has 1 atom stereocenters. The molecule has 0 unspecified atom stereocenters. The number of aromatic amines is 1. The van der Waals surface area contributed by atoms with Crippen LogP contribution < -0.4 is 30.5 Å². The second-order valence-corrected chi connectivity index (χ2v) is 12.5. The van der Waals surface area contributed by atoms with Crippen molar-refractivity contribution in [3.05, 3.63) is 147 Å². The summed E-state index contributed by atoms with van der Waals surface area (Å²) in [4.78, 5) is 63.9. The molecule has 0 fully saturated rings. The third kappa shape index (κ3) is 6.55. The fourth-order valence-electron chi connectivity index (χ4n) is 5.16. The molecule has 236 valence electrons. The Balaban J connectivity index is 1.52. The number of thiazole rings is 1. The standard InChI is InChI=1S/C33H26N6O6S2/c1-18-14-27(40)37-32(34-18)46-25-13-12-23(39(43)44)15-21(25)17-26-31(42)38-29(20-8-7-11-24(16-20)45-3)28(19(2)35-33(38)47-26)30(41)36-22-9-5-4-6-10-22/h4-17,29H,1-3H3,(H,36,41)(H,34,37,40)/b26-17+/t29-/m0/s1. The summed E-state index contributed by atoms with van der Waals surface area (Å²) in [6.07, 6.45) is 1.55. The number of hydrogen-bond acceptors (Lipinski definition) is 10. The van der Waals surface area contributed by atoms with Crippen molar-refractivity contribution in [1.29, 1.82) is 0 Å². The second-order valence-electron chi connectivity index (χ2n) is 10.5. The largest absolute Gasteiger partial charge is 0.497 e. The van der Waals surface area contributed by atoms with Gasteiger partial charge in [-0.05, 0) is 61.4 Å². The molecular weight excluding hydrogens is 641 g/mol. The van der Waals surface area contributed by atoms with E-state index in [-0.39, 0.29) is 21.4 Å². The van der Waals surface area contributed by atoms with Crippen LogP contribution in [-0.2, 0) is 4.79 Å². The van der Waals surface area contributed by atoms with Crippen LogP contribution in [0.1, 0.15) is 29.8 Å². The maximum Gasteiger partial charge on any atom is 0.271 e. The normalized spacial score (nSPS) is 14.4. The lowest BCUT2D eigenvalue weighted by Crippen LogP contribution is -2.40. The Morgan fingerprint density at radius 2 is 1.87 bits per heavy atom. The number of aryl methyl sites for hydroxylation is 1. The number of non-ortho nitro benzene ring substituents is 1. The summed E-state index contributed by atoms with van der Waals surface area (Å²) in [6.45, 7) is 3.40. The SMILES string of the molecule is COc1cccc([C@H]2C(C(=O)Nc3ccccc3)=C(C)N=c3s/c(=C/c4cc([N+](=O)[O-])ccc4Sc4nc(C)cc(=O)[nH]4)c(=O)n32)c1. The number of H-pyrrole nitrogens is 1. The minimum atomic E-state index is -0.854. The molecule has 47 heavy (non-hydrogen) atoms. The number of nitro groups is 1. The summed E-state index contributed by atoms with van der Waals surface area (Å²) in [7, 11) is 1.53. The van der Waals surface area contributed by atoms with Crippen LogP contribution in [0, 0.1) is 17.0 Å². The molecule has 3 heterocycles.